The largest absolute Gasteiger partial charge is 0.469 e. The first kappa shape index (κ1) is 14.0. The van der Waals surface area contributed by atoms with E-state index in [0.717, 1.165) is 30.4 Å². The highest BCUT2D eigenvalue weighted by atomic mass is 16.5. The summed E-state index contributed by atoms with van der Waals surface area (Å²) in [6, 6.07) is 6.30. The molecule has 3 nitrogen and oxygen atoms in total. The molecule has 2 bridgehead atoms. The van der Waals surface area contributed by atoms with Crippen LogP contribution in [0.3, 0.4) is 0 Å². The van der Waals surface area contributed by atoms with Crippen molar-refractivity contribution in [1.82, 2.24) is 0 Å². The van der Waals surface area contributed by atoms with E-state index in [1.807, 2.05) is 0 Å². The number of carbonyl (C=O) groups is 2. The fourth-order valence-electron chi connectivity index (χ4n) is 5.65. The number of aryl methyl sites for hydroxylation is 1. The van der Waals surface area contributed by atoms with Gasteiger partial charge in [0.05, 0.1) is 13.0 Å². The molecular formula is C19H22O3. The average Bonchev–Trinajstić information content (AvgIpc) is 2.87. The van der Waals surface area contributed by atoms with Crippen molar-refractivity contribution in [3.63, 3.8) is 0 Å². The number of fused-ring (bicyclic) bond motifs is 3. The topological polar surface area (TPSA) is 43.4 Å². The summed E-state index contributed by atoms with van der Waals surface area (Å²) >= 11 is 0. The Kier molecular flexibility index (Phi) is 2.68. The van der Waals surface area contributed by atoms with Gasteiger partial charge in [0.25, 0.3) is 0 Å². The van der Waals surface area contributed by atoms with Gasteiger partial charge in [0.1, 0.15) is 5.78 Å². The van der Waals surface area contributed by atoms with E-state index >= 15 is 0 Å². The molecule has 3 aliphatic carbocycles. The first-order chi connectivity index (χ1) is 10.4. The number of benzene rings is 1. The van der Waals surface area contributed by atoms with Crippen LogP contribution in [-0.2, 0) is 14.3 Å². The van der Waals surface area contributed by atoms with Gasteiger partial charge in [-0.2, -0.15) is 0 Å². The van der Waals surface area contributed by atoms with Gasteiger partial charge >= 0.3 is 5.97 Å². The van der Waals surface area contributed by atoms with Crippen LogP contribution in [0.4, 0.5) is 0 Å². The Labute approximate surface area is 131 Å². The lowest BCUT2D eigenvalue weighted by Gasteiger charge is -2.41. The molecule has 0 heterocycles. The number of Topliss-reactive ketones (excluding diaryl/α,β-unsaturated/α-hetero) is 1. The van der Waals surface area contributed by atoms with Crippen molar-refractivity contribution in [3.8, 4) is 0 Å². The van der Waals surface area contributed by atoms with Crippen LogP contribution in [0.2, 0.25) is 0 Å². The highest BCUT2D eigenvalue weighted by molar-refractivity contribution is 5.92. The highest BCUT2D eigenvalue weighted by Gasteiger charge is 2.67. The van der Waals surface area contributed by atoms with Crippen molar-refractivity contribution < 1.29 is 14.3 Å². The molecule has 4 atom stereocenters. The van der Waals surface area contributed by atoms with Crippen molar-refractivity contribution in [3.05, 3.63) is 34.9 Å². The molecule has 3 heteroatoms. The first-order valence-corrected chi connectivity index (χ1v) is 8.13. The first-order valence-electron chi connectivity index (χ1n) is 8.13. The van der Waals surface area contributed by atoms with Gasteiger partial charge in [-0.05, 0) is 48.8 Å². The lowest BCUT2D eigenvalue weighted by atomic mass is 9.61. The number of hydrogen-bond donors (Lipinski definition) is 0. The van der Waals surface area contributed by atoms with Gasteiger partial charge in [-0.15, -0.1) is 0 Å². The van der Waals surface area contributed by atoms with Gasteiger partial charge in [0.2, 0.25) is 0 Å². The van der Waals surface area contributed by atoms with E-state index in [1.54, 1.807) is 0 Å². The molecule has 0 N–H and O–H groups in total. The zero-order valence-electron chi connectivity index (χ0n) is 13.4. The maximum Gasteiger partial charge on any atom is 0.313 e. The van der Waals surface area contributed by atoms with Crippen LogP contribution in [0.25, 0.3) is 0 Å². The standard InChI is InChI=1S/C19H22O3/c1-11-5-4-6-12-13-7-8-18(2)10-19(13,9-14(18)20)16(15(11)12)17(21)22-3/h4-6,13,16H,7-10H2,1-3H3/t13-,16+,18-,19+/m0/s1. The number of ether oxygens (including phenoxy) is 1. The molecule has 0 radical (unpaired) electrons. The van der Waals surface area contributed by atoms with Gasteiger partial charge in [-0.3, -0.25) is 9.59 Å². The Morgan fingerprint density at radius 2 is 2.14 bits per heavy atom. The molecule has 0 amide bonds. The second-order valence-electron chi connectivity index (χ2n) is 7.70. The number of hydrogen-bond acceptors (Lipinski definition) is 3. The SMILES string of the molecule is COC(=O)[C@H]1c2c(C)cccc2[C@@H]2CC[C@@]3(C)C[C@]21CC3=O. The van der Waals surface area contributed by atoms with Crippen molar-refractivity contribution in [2.24, 2.45) is 10.8 Å². The van der Waals surface area contributed by atoms with Crippen LogP contribution in [0.1, 0.15) is 61.1 Å². The molecule has 4 rings (SSSR count). The minimum absolute atomic E-state index is 0.169. The predicted octanol–water partition coefficient (Wildman–Crippen LogP) is 3.50. The fourth-order valence-corrected chi connectivity index (χ4v) is 5.65. The molecule has 2 saturated carbocycles. The third-order valence-corrected chi connectivity index (χ3v) is 6.59. The third-order valence-electron chi connectivity index (χ3n) is 6.59. The molecule has 1 aromatic carbocycles. The van der Waals surface area contributed by atoms with Crippen LogP contribution in [0, 0.1) is 17.8 Å². The maximum atomic E-state index is 12.7. The lowest BCUT2D eigenvalue weighted by Crippen LogP contribution is -2.36. The number of methoxy groups -OCH3 is 1. The Morgan fingerprint density at radius 1 is 1.36 bits per heavy atom. The van der Waals surface area contributed by atoms with Gasteiger partial charge in [0, 0.05) is 17.3 Å². The number of ketones is 1. The van der Waals surface area contributed by atoms with Crippen LogP contribution >= 0.6 is 0 Å². The summed E-state index contributed by atoms with van der Waals surface area (Å²) < 4.78 is 5.16. The average molecular weight is 298 g/mol. The zero-order chi connectivity index (χ0) is 15.7. The summed E-state index contributed by atoms with van der Waals surface area (Å²) in [5.74, 6) is 0.224. The highest BCUT2D eigenvalue weighted by Crippen LogP contribution is 2.71. The molecule has 1 aromatic rings. The quantitative estimate of drug-likeness (QED) is 0.745. The van der Waals surface area contributed by atoms with Crippen molar-refractivity contribution in [1.29, 1.82) is 0 Å². The van der Waals surface area contributed by atoms with Crippen LogP contribution in [0.5, 0.6) is 0 Å². The van der Waals surface area contributed by atoms with Gasteiger partial charge in [0.15, 0.2) is 0 Å². The Bertz CT molecular complexity index is 692. The molecule has 0 aromatic heterocycles. The van der Waals surface area contributed by atoms with Crippen molar-refractivity contribution in [2.45, 2.75) is 51.4 Å². The van der Waals surface area contributed by atoms with E-state index < -0.39 is 0 Å². The number of carbonyl (C=O) groups excluding carboxylic acids is 2. The molecule has 2 fully saturated rings. The summed E-state index contributed by atoms with van der Waals surface area (Å²) in [5.41, 5.74) is 3.09. The molecular weight excluding hydrogens is 276 g/mol. The second-order valence-corrected chi connectivity index (χ2v) is 7.70. The summed E-state index contributed by atoms with van der Waals surface area (Å²) in [7, 11) is 1.46. The van der Waals surface area contributed by atoms with E-state index in [-0.39, 0.29) is 22.7 Å². The molecule has 116 valence electrons. The summed E-state index contributed by atoms with van der Waals surface area (Å²) in [5, 5.41) is 0. The fraction of sp³-hybridized carbons (Fsp3) is 0.579. The molecule has 22 heavy (non-hydrogen) atoms. The lowest BCUT2D eigenvalue weighted by molar-refractivity contribution is -0.146. The molecule has 0 saturated heterocycles. The summed E-state index contributed by atoms with van der Waals surface area (Å²) in [4.78, 5) is 25.3. The Balaban J connectivity index is 1.96. The van der Waals surface area contributed by atoms with Gasteiger partial charge in [-0.25, -0.2) is 0 Å². The molecule has 1 spiro atoms. The van der Waals surface area contributed by atoms with Crippen molar-refractivity contribution >= 4 is 11.8 Å². The predicted molar refractivity (Wildman–Crippen MR) is 82.7 cm³/mol. The van der Waals surface area contributed by atoms with Gasteiger partial charge in [-0.1, -0.05) is 25.1 Å². The summed E-state index contributed by atoms with van der Waals surface area (Å²) in [6.07, 6.45) is 3.31. The Morgan fingerprint density at radius 3 is 2.86 bits per heavy atom. The van der Waals surface area contributed by atoms with E-state index in [4.69, 9.17) is 4.74 Å². The van der Waals surface area contributed by atoms with Gasteiger partial charge < -0.3 is 4.74 Å². The van der Waals surface area contributed by atoms with E-state index in [0.29, 0.717) is 18.1 Å². The van der Waals surface area contributed by atoms with E-state index in [2.05, 4.69) is 32.0 Å². The number of rotatable bonds is 1. The van der Waals surface area contributed by atoms with Crippen molar-refractivity contribution in [2.75, 3.05) is 7.11 Å². The maximum absolute atomic E-state index is 12.7. The smallest absolute Gasteiger partial charge is 0.313 e. The minimum Gasteiger partial charge on any atom is -0.469 e. The zero-order valence-corrected chi connectivity index (χ0v) is 13.4. The minimum atomic E-state index is -0.273. The molecule has 0 unspecified atom stereocenters. The third kappa shape index (κ3) is 1.47. The Hall–Kier alpha value is -1.64. The monoisotopic (exact) mass is 298 g/mol. The van der Waals surface area contributed by atoms with Crippen LogP contribution < -0.4 is 0 Å². The van der Waals surface area contributed by atoms with E-state index in [9.17, 15) is 9.59 Å². The molecule has 0 aliphatic heterocycles. The van der Waals surface area contributed by atoms with E-state index in [1.165, 1.54) is 12.7 Å². The van der Waals surface area contributed by atoms with Crippen LogP contribution in [-0.4, -0.2) is 18.9 Å². The molecule has 3 aliphatic rings. The summed E-state index contributed by atoms with van der Waals surface area (Å²) in [6.45, 7) is 4.16. The van der Waals surface area contributed by atoms with Crippen LogP contribution in [0.15, 0.2) is 18.2 Å². The number of esters is 1. The normalized spacial score (nSPS) is 38.6. The second kappa shape index (κ2) is 4.21.